The summed E-state index contributed by atoms with van der Waals surface area (Å²) in [5.74, 6) is 0.492. The van der Waals surface area contributed by atoms with E-state index in [0.29, 0.717) is 12.5 Å². The molecule has 0 aliphatic rings. The Morgan fingerprint density at radius 2 is 1.81 bits per heavy atom. The molecule has 2 aromatic rings. The molecule has 0 radical (unpaired) electrons. The normalized spacial score (nSPS) is 10.8. The summed E-state index contributed by atoms with van der Waals surface area (Å²) in [7, 11) is 1.91. The van der Waals surface area contributed by atoms with E-state index in [9.17, 15) is 0 Å². The fourth-order valence-corrected chi connectivity index (χ4v) is 1.94. The van der Waals surface area contributed by atoms with Gasteiger partial charge in [0.05, 0.1) is 6.10 Å². The van der Waals surface area contributed by atoms with Crippen LogP contribution in [0.1, 0.15) is 25.0 Å². The maximum Gasteiger partial charge on any atom is 0.322 e. The first kappa shape index (κ1) is 15.5. The zero-order valence-electron chi connectivity index (χ0n) is 12.7. The standard InChI is InChI=1S/C15H19ClN4O/c1-10(2)21-15-18-13(16)17-14(19-15)20(4)9-12-7-5-11(3)6-8-12/h5-8,10H,9H2,1-4H3. The van der Waals surface area contributed by atoms with Crippen LogP contribution in [0.3, 0.4) is 0 Å². The van der Waals surface area contributed by atoms with Crippen molar-refractivity contribution in [2.45, 2.75) is 33.4 Å². The van der Waals surface area contributed by atoms with Crippen molar-refractivity contribution >= 4 is 17.5 Å². The molecule has 0 aliphatic heterocycles. The number of nitrogens with zero attached hydrogens (tertiary/aromatic N) is 4. The van der Waals surface area contributed by atoms with Gasteiger partial charge in [0.15, 0.2) is 0 Å². The Bertz CT molecular complexity index is 601. The Hall–Kier alpha value is -1.88. The molecular weight excluding hydrogens is 288 g/mol. The fourth-order valence-electron chi connectivity index (χ4n) is 1.79. The van der Waals surface area contributed by atoms with E-state index in [2.05, 4.69) is 46.1 Å². The van der Waals surface area contributed by atoms with Gasteiger partial charge in [0.25, 0.3) is 0 Å². The van der Waals surface area contributed by atoms with Crippen LogP contribution in [-0.2, 0) is 6.54 Å². The van der Waals surface area contributed by atoms with Crippen molar-refractivity contribution in [3.8, 4) is 6.01 Å². The molecular formula is C15H19ClN4O. The lowest BCUT2D eigenvalue weighted by Crippen LogP contribution is -2.20. The highest BCUT2D eigenvalue weighted by Gasteiger charge is 2.11. The molecule has 1 aromatic heterocycles. The third-order valence-electron chi connectivity index (χ3n) is 2.80. The molecule has 2 rings (SSSR count). The van der Waals surface area contributed by atoms with E-state index >= 15 is 0 Å². The van der Waals surface area contributed by atoms with Crippen molar-refractivity contribution in [3.63, 3.8) is 0 Å². The molecule has 0 saturated carbocycles. The molecule has 0 atom stereocenters. The quantitative estimate of drug-likeness (QED) is 0.848. The zero-order chi connectivity index (χ0) is 15.4. The topological polar surface area (TPSA) is 51.1 Å². The highest BCUT2D eigenvalue weighted by atomic mass is 35.5. The van der Waals surface area contributed by atoms with Gasteiger partial charge in [-0.1, -0.05) is 29.8 Å². The first-order valence-corrected chi connectivity index (χ1v) is 7.17. The van der Waals surface area contributed by atoms with Crippen LogP contribution in [0, 0.1) is 6.92 Å². The van der Waals surface area contributed by atoms with Crippen molar-refractivity contribution in [1.29, 1.82) is 0 Å². The van der Waals surface area contributed by atoms with Crippen LogP contribution in [0.25, 0.3) is 0 Å². The van der Waals surface area contributed by atoms with Gasteiger partial charge in [0.1, 0.15) is 0 Å². The van der Waals surface area contributed by atoms with E-state index in [-0.39, 0.29) is 17.4 Å². The Labute approximate surface area is 130 Å². The molecule has 6 heteroatoms. The van der Waals surface area contributed by atoms with Crippen LogP contribution in [0.4, 0.5) is 5.95 Å². The first-order chi connectivity index (χ1) is 9.94. The van der Waals surface area contributed by atoms with Crippen LogP contribution in [-0.4, -0.2) is 28.1 Å². The predicted molar refractivity (Wildman–Crippen MR) is 83.9 cm³/mol. The number of ether oxygens (including phenoxy) is 1. The van der Waals surface area contributed by atoms with Gasteiger partial charge in [-0.25, -0.2) is 0 Å². The number of rotatable bonds is 5. The molecule has 0 fully saturated rings. The Morgan fingerprint density at radius 1 is 1.14 bits per heavy atom. The molecule has 0 unspecified atom stereocenters. The second-order valence-electron chi connectivity index (χ2n) is 5.20. The van der Waals surface area contributed by atoms with Crippen molar-refractivity contribution < 1.29 is 4.74 Å². The summed E-state index contributed by atoms with van der Waals surface area (Å²) >= 11 is 5.93. The van der Waals surface area contributed by atoms with Crippen LogP contribution in [0.2, 0.25) is 5.28 Å². The monoisotopic (exact) mass is 306 g/mol. The second kappa shape index (κ2) is 6.72. The minimum atomic E-state index is -0.0151. The van der Waals surface area contributed by atoms with E-state index in [4.69, 9.17) is 16.3 Å². The number of aryl methyl sites for hydroxylation is 1. The van der Waals surface area contributed by atoms with Gasteiger partial charge in [0, 0.05) is 13.6 Å². The number of halogens is 1. The molecule has 0 spiro atoms. The second-order valence-corrected chi connectivity index (χ2v) is 5.53. The average Bonchev–Trinajstić information content (AvgIpc) is 2.40. The summed E-state index contributed by atoms with van der Waals surface area (Å²) in [6.07, 6.45) is -0.0151. The number of anilines is 1. The summed E-state index contributed by atoms with van der Waals surface area (Å²) in [5.41, 5.74) is 2.41. The molecule has 0 aliphatic carbocycles. The fraction of sp³-hybridized carbons (Fsp3) is 0.400. The molecule has 5 nitrogen and oxygen atoms in total. The Kier molecular flexibility index (Phi) is 4.96. The number of hydrogen-bond donors (Lipinski definition) is 0. The van der Waals surface area contributed by atoms with Crippen LogP contribution in [0.15, 0.2) is 24.3 Å². The van der Waals surface area contributed by atoms with E-state index in [1.165, 1.54) is 11.1 Å². The molecule has 1 aromatic carbocycles. The molecule has 0 saturated heterocycles. The Balaban J connectivity index is 2.16. The van der Waals surface area contributed by atoms with Crippen molar-refractivity contribution in [2.24, 2.45) is 0 Å². The third kappa shape index (κ3) is 4.56. The zero-order valence-corrected chi connectivity index (χ0v) is 13.4. The molecule has 0 N–H and O–H groups in total. The molecule has 21 heavy (non-hydrogen) atoms. The number of benzene rings is 1. The number of aromatic nitrogens is 3. The molecule has 0 amide bonds. The average molecular weight is 307 g/mol. The maximum atomic E-state index is 5.93. The van der Waals surface area contributed by atoms with E-state index in [0.717, 1.165) is 0 Å². The summed E-state index contributed by atoms with van der Waals surface area (Å²) in [6, 6.07) is 8.57. The van der Waals surface area contributed by atoms with Crippen LogP contribution in [0.5, 0.6) is 6.01 Å². The van der Waals surface area contributed by atoms with Gasteiger partial charge in [-0.05, 0) is 37.9 Å². The maximum absolute atomic E-state index is 5.93. The molecule has 1 heterocycles. The molecule has 112 valence electrons. The lowest BCUT2D eigenvalue weighted by molar-refractivity contribution is 0.221. The summed E-state index contributed by atoms with van der Waals surface area (Å²) in [4.78, 5) is 14.3. The van der Waals surface area contributed by atoms with Crippen molar-refractivity contribution in [3.05, 3.63) is 40.7 Å². The van der Waals surface area contributed by atoms with Gasteiger partial charge in [-0.15, -0.1) is 0 Å². The lowest BCUT2D eigenvalue weighted by Gasteiger charge is -2.18. The summed E-state index contributed by atoms with van der Waals surface area (Å²) in [6.45, 7) is 6.57. The van der Waals surface area contributed by atoms with Gasteiger partial charge >= 0.3 is 6.01 Å². The largest absolute Gasteiger partial charge is 0.461 e. The van der Waals surface area contributed by atoms with E-state index in [1.807, 2.05) is 25.8 Å². The SMILES string of the molecule is Cc1ccc(CN(C)c2nc(Cl)nc(OC(C)C)n2)cc1. The number of hydrogen-bond acceptors (Lipinski definition) is 5. The Morgan fingerprint density at radius 3 is 2.43 bits per heavy atom. The summed E-state index contributed by atoms with van der Waals surface area (Å²) < 4.78 is 5.48. The minimum Gasteiger partial charge on any atom is -0.461 e. The van der Waals surface area contributed by atoms with Gasteiger partial charge in [-0.3, -0.25) is 0 Å². The molecule has 0 bridgehead atoms. The highest BCUT2D eigenvalue weighted by molar-refractivity contribution is 6.28. The van der Waals surface area contributed by atoms with Gasteiger partial charge in [-0.2, -0.15) is 15.0 Å². The van der Waals surface area contributed by atoms with Crippen LogP contribution >= 0.6 is 11.6 Å². The lowest BCUT2D eigenvalue weighted by atomic mass is 10.1. The third-order valence-corrected chi connectivity index (χ3v) is 2.97. The van der Waals surface area contributed by atoms with Crippen molar-refractivity contribution in [2.75, 3.05) is 11.9 Å². The smallest absolute Gasteiger partial charge is 0.322 e. The first-order valence-electron chi connectivity index (χ1n) is 6.79. The van der Waals surface area contributed by atoms with Gasteiger partial charge < -0.3 is 9.64 Å². The van der Waals surface area contributed by atoms with Crippen molar-refractivity contribution in [1.82, 2.24) is 15.0 Å². The summed E-state index contributed by atoms with van der Waals surface area (Å²) in [5, 5.41) is 0.131. The van der Waals surface area contributed by atoms with Gasteiger partial charge in [0.2, 0.25) is 11.2 Å². The highest BCUT2D eigenvalue weighted by Crippen LogP contribution is 2.17. The minimum absolute atomic E-state index is 0.0151. The predicted octanol–water partition coefficient (Wildman–Crippen LogP) is 3.26. The van der Waals surface area contributed by atoms with Crippen LogP contribution < -0.4 is 9.64 Å². The van der Waals surface area contributed by atoms with E-state index < -0.39 is 0 Å². The van der Waals surface area contributed by atoms with E-state index in [1.54, 1.807) is 0 Å².